The van der Waals surface area contributed by atoms with Crippen molar-refractivity contribution in [1.82, 2.24) is 0 Å². The van der Waals surface area contributed by atoms with E-state index in [0.717, 1.165) is 6.08 Å². The predicted octanol–water partition coefficient (Wildman–Crippen LogP) is 1.87. The van der Waals surface area contributed by atoms with Crippen LogP contribution in [0.3, 0.4) is 0 Å². The average molecular weight is 232 g/mol. The van der Waals surface area contributed by atoms with Crippen LogP contribution in [0.4, 0.5) is 5.69 Å². The normalized spacial score (nSPS) is 10.1. The van der Waals surface area contributed by atoms with E-state index >= 15 is 0 Å². The highest BCUT2D eigenvalue weighted by Crippen LogP contribution is 2.25. The third kappa shape index (κ3) is 2.66. The van der Waals surface area contributed by atoms with Gasteiger partial charge in [-0.3, -0.25) is 10.1 Å². The highest BCUT2D eigenvalue weighted by atomic mass is 16.6. The molecule has 6 heteroatoms. The summed E-state index contributed by atoms with van der Waals surface area (Å²) in [5.74, 6) is -1.18. The van der Waals surface area contributed by atoms with Gasteiger partial charge in [0.25, 0.3) is 5.69 Å². The number of hydrogen-bond donors (Lipinski definition) is 1. The molecule has 0 aromatic heterocycles. The summed E-state index contributed by atoms with van der Waals surface area (Å²) in [7, 11) is 0. The maximum Gasteiger partial charge on any atom is 0.328 e. The number of carbonyl (C=O) groups is 1. The molecular weight excluding hydrogens is 224 g/mol. The Hall–Kier alpha value is -2.68. The van der Waals surface area contributed by atoms with Crippen molar-refractivity contribution >= 4 is 17.7 Å². The van der Waals surface area contributed by atoms with Crippen molar-refractivity contribution < 1.29 is 14.8 Å². The Morgan fingerprint density at radius 1 is 1.59 bits per heavy atom. The lowest BCUT2D eigenvalue weighted by molar-refractivity contribution is -0.385. The topological polar surface area (TPSA) is 104 Å². The minimum atomic E-state index is -1.18. The molecule has 17 heavy (non-hydrogen) atoms. The Morgan fingerprint density at radius 3 is 2.71 bits per heavy atom. The Balaban J connectivity index is 3.44. The molecule has 0 bridgehead atoms. The van der Waals surface area contributed by atoms with Gasteiger partial charge >= 0.3 is 5.97 Å². The number of nitrogens with zero attached hydrogens (tertiary/aromatic N) is 2. The Bertz CT molecular complexity index is 555. The van der Waals surface area contributed by atoms with Crippen LogP contribution in [0.5, 0.6) is 0 Å². The third-order valence-electron chi connectivity index (χ3n) is 2.20. The molecule has 0 atom stereocenters. The second-order valence-corrected chi connectivity index (χ2v) is 3.21. The van der Waals surface area contributed by atoms with E-state index < -0.39 is 10.9 Å². The first kappa shape index (κ1) is 12.4. The second kappa shape index (κ2) is 4.90. The van der Waals surface area contributed by atoms with Crippen molar-refractivity contribution in [1.29, 1.82) is 5.26 Å². The summed E-state index contributed by atoms with van der Waals surface area (Å²) in [5.41, 5.74) is 0.579. The summed E-state index contributed by atoms with van der Waals surface area (Å²) in [6.07, 6.45) is 2.02. The number of carboxylic acid groups (broad SMARTS) is 1. The SMILES string of the molecule is Cc1c([N+](=O)[O-])ccc(C#N)c1/C=C/C(=O)O. The predicted molar refractivity (Wildman–Crippen MR) is 59.2 cm³/mol. The molecule has 0 unspecified atom stereocenters. The fraction of sp³-hybridized carbons (Fsp3) is 0.0909. The van der Waals surface area contributed by atoms with Crippen LogP contribution in [-0.4, -0.2) is 16.0 Å². The molecule has 0 fully saturated rings. The quantitative estimate of drug-likeness (QED) is 0.486. The summed E-state index contributed by atoms with van der Waals surface area (Å²) in [4.78, 5) is 20.5. The zero-order valence-corrected chi connectivity index (χ0v) is 8.88. The molecular formula is C11H8N2O4. The average Bonchev–Trinajstić information content (AvgIpc) is 2.26. The minimum Gasteiger partial charge on any atom is -0.478 e. The van der Waals surface area contributed by atoms with Crippen molar-refractivity contribution in [3.05, 3.63) is 45.0 Å². The van der Waals surface area contributed by atoms with E-state index in [1.165, 1.54) is 25.1 Å². The van der Waals surface area contributed by atoms with Crippen molar-refractivity contribution in [2.24, 2.45) is 0 Å². The van der Waals surface area contributed by atoms with Gasteiger partial charge in [-0.25, -0.2) is 4.79 Å². The van der Waals surface area contributed by atoms with E-state index in [1.54, 1.807) is 0 Å². The molecule has 0 aliphatic heterocycles. The fourth-order valence-corrected chi connectivity index (χ4v) is 1.38. The first-order valence-electron chi connectivity index (χ1n) is 4.56. The van der Waals surface area contributed by atoms with Gasteiger partial charge < -0.3 is 5.11 Å². The van der Waals surface area contributed by atoms with Gasteiger partial charge in [-0.05, 0) is 19.1 Å². The van der Waals surface area contributed by atoms with Gasteiger partial charge in [-0.1, -0.05) is 0 Å². The molecule has 6 nitrogen and oxygen atoms in total. The van der Waals surface area contributed by atoms with Crippen LogP contribution >= 0.6 is 0 Å². The number of nitro groups is 1. The molecule has 1 aromatic carbocycles. The summed E-state index contributed by atoms with van der Waals surface area (Å²) < 4.78 is 0. The summed E-state index contributed by atoms with van der Waals surface area (Å²) >= 11 is 0. The molecule has 0 saturated carbocycles. The molecule has 1 aromatic rings. The molecule has 1 rings (SSSR count). The number of nitro benzene ring substituents is 1. The number of rotatable bonds is 3. The number of aliphatic carboxylic acids is 1. The molecule has 0 spiro atoms. The maximum atomic E-state index is 10.7. The Kier molecular flexibility index (Phi) is 3.57. The smallest absolute Gasteiger partial charge is 0.328 e. The summed E-state index contributed by atoms with van der Waals surface area (Å²) in [5, 5.41) is 28.0. The summed E-state index contributed by atoms with van der Waals surface area (Å²) in [6, 6.07) is 4.39. The Morgan fingerprint density at radius 2 is 2.24 bits per heavy atom. The number of carboxylic acids is 1. The highest BCUT2D eigenvalue weighted by Gasteiger charge is 2.15. The van der Waals surface area contributed by atoms with Crippen molar-refractivity contribution in [3.63, 3.8) is 0 Å². The van der Waals surface area contributed by atoms with Crippen LogP contribution in [-0.2, 0) is 4.79 Å². The number of nitriles is 1. The lowest BCUT2D eigenvalue weighted by Gasteiger charge is -2.03. The lowest BCUT2D eigenvalue weighted by atomic mass is 10.0. The van der Waals surface area contributed by atoms with Crippen LogP contribution in [0.2, 0.25) is 0 Å². The van der Waals surface area contributed by atoms with E-state index in [9.17, 15) is 14.9 Å². The first-order valence-corrected chi connectivity index (χ1v) is 4.56. The molecule has 0 amide bonds. The summed E-state index contributed by atoms with van der Waals surface area (Å²) in [6.45, 7) is 1.47. The highest BCUT2D eigenvalue weighted by molar-refractivity contribution is 5.86. The van der Waals surface area contributed by atoms with E-state index in [0.29, 0.717) is 0 Å². The van der Waals surface area contributed by atoms with Crippen LogP contribution in [0, 0.1) is 28.4 Å². The van der Waals surface area contributed by atoms with Crippen LogP contribution in [0.15, 0.2) is 18.2 Å². The van der Waals surface area contributed by atoms with Gasteiger partial charge in [0.15, 0.2) is 0 Å². The standard InChI is InChI=1S/C11H8N2O4/c1-7-9(3-5-11(14)15)8(6-12)2-4-10(7)13(16)17/h2-5H,1H3,(H,14,15)/b5-3+. The van der Waals surface area contributed by atoms with E-state index in [2.05, 4.69) is 0 Å². The molecule has 0 aliphatic carbocycles. The Labute approximate surface area is 96.6 Å². The van der Waals surface area contributed by atoms with Crippen molar-refractivity contribution in [3.8, 4) is 6.07 Å². The zero-order valence-electron chi connectivity index (χ0n) is 8.88. The number of benzene rings is 1. The van der Waals surface area contributed by atoms with E-state index in [4.69, 9.17) is 10.4 Å². The monoisotopic (exact) mass is 232 g/mol. The van der Waals surface area contributed by atoms with Gasteiger partial charge in [0.2, 0.25) is 0 Å². The molecule has 86 valence electrons. The van der Waals surface area contributed by atoms with Gasteiger partial charge in [-0.15, -0.1) is 0 Å². The van der Waals surface area contributed by atoms with Gasteiger partial charge in [0, 0.05) is 23.3 Å². The minimum absolute atomic E-state index is 0.144. The van der Waals surface area contributed by atoms with Crippen molar-refractivity contribution in [2.75, 3.05) is 0 Å². The van der Waals surface area contributed by atoms with Gasteiger partial charge in [0.05, 0.1) is 16.6 Å². The molecule has 0 heterocycles. The largest absolute Gasteiger partial charge is 0.478 e. The molecule has 0 aliphatic rings. The maximum absolute atomic E-state index is 10.7. The molecule has 0 radical (unpaired) electrons. The lowest BCUT2D eigenvalue weighted by Crippen LogP contribution is -1.97. The van der Waals surface area contributed by atoms with Crippen LogP contribution in [0.25, 0.3) is 6.08 Å². The number of hydrogen-bond acceptors (Lipinski definition) is 4. The van der Waals surface area contributed by atoms with Gasteiger partial charge in [-0.2, -0.15) is 5.26 Å². The molecule has 1 N–H and O–H groups in total. The second-order valence-electron chi connectivity index (χ2n) is 3.21. The van der Waals surface area contributed by atoms with Crippen LogP contribution in [0.1, 0.15) is 16.7 Å². The van der Waals surface area contributed by atoms with E-state index in [1.807, 2.05) is 6.07 Å². The van der Waals surface area contributed by atoms with E-state index in [-0.39, 0.29) is 22.4 Å². The van der Waals surface area contributed by atoms with Gasteiger partial charge in [0.1, 0.15) is 0 Å². The van der Waals surface area contributed by atoms with Crippen LogP contribution < -0.4 is 0 Å². The van der Waals surface area contributed by atoms with Crippen molar-refractivity contribution in [2.45, 2.75) is 6.92 Å². The molecule has 0 saturated heterocycles. The third-order valence-corrected chi connectivity index (χ3v) is 2.20. The first-order chi connectivity index (χ1) is 7.97. The zero-order chi connectivity index (χ0) is 13.0. The fourth-order valence-electron chi connectivity index (χ4n) is 1.38.